The second-order valence-electron chi connectivity index (χ2n) is 4.29. The summed E-state index contributed by atoms with van der Waals surface area (Å²) < 4.78 is 7.00. The summed E-state index contributed by atoms with van der Waals surface area (Å²) in [6, 6.07) is 0. The maximum absolute atomic E-state index is 5.12. The van der Waals surface area contributed by atoms with Gasteiger partial charge < -0.3 is 9.84 Å². The summed E-state index contributed by atoms with van der Waals surface area (Å²) in [7, 11) is 1.95. The summed E-state index contributed by atoms with van der Waals surface area (Å²) >= 11 is 0. The van der Waals surface area contributed by atoms with Crippen LogP contribution in [0.15, 0.2) is 10.7 Å². The Morgan fingerprint density at radius 3 is 2.59 bits per heavy atom. The molecule has 5 nitrogen and oxygen atoms in total. The lowest BCUT2D eigenvalue weighted by molar-refractivity contribution is 0.392. The normalized spacial score (nSPS) is 11.1. The number of nitrogens with zero attached hydrogens (tertiary/aromatic N) is 3. The van der Waals surface area contributed by atoms with Crippen molar-refractivity contribution in [2.24, 2.45) is 7.05 Å². The van der Waals surface area contributed by atoms with Crippen LogP contribution in [0.3, 0.4) is 0 Å². The molecule has 2 aromatic rings. The van der Waals surface area contributed by atoms with E-state index in [2.05, 4.69) is 22.5 Å². The van der Waals surface area contributed by atoms with Crippen LogP contribution in [0.4, 0.5) is 0 Å². The number of hydrogen-bond acceptors (Lipinski definition) is 4. The summed E-state index contributed by atoms with van der Waals surface area (Å²) in [5, 5.41) is 11.5. The number of nitrogens with one attached hydrogen (secondary N) is 1. The van der Waals surface area contributed by atoms with Gasteiger partial charge in [-0.1, -0.05) is 5.16 Å². The van der Waals surface area contributed by atoms with Gasteiger partial charge in [-0.25, -0.2) is 0 Å². The van der Waals surface area contributed by atoms with Gasteiger partial charge in [0, 0.05) is 37.0 Å². The molecule has 2 heterocycles. The van der Waals surface area contributed by atoms with E-state index in [1.165, 1.54) is 11.3 Å². The van der Waals surface area contributed by atoms with Crippen LogP contribution >= 0.6 is 0 Å². The first-order chi connectivity index (χ1) is 8.09. The van der Waals surface area contributed by atoms with Crippen molar-refractivity contribution >= 4 is 0 Å². The molecule has 0 amide bonds. The van der Waals surface area contributed by atoms with E-state index in [1.807, 2.05) is 31.8 Å². The minimum Gasteiger partial charge on any atom is -0.361 e. The lowest BCUT2D eigenvalue weighted by Crippen LogP contribution is -2.14. The highest BCUT2D eigenvalue weighted by Gasteiger charge is 2.09. The summed E-state index contributed by atoms with van der Waals surface area (Å²) in [5.41, 5.74) is 4.51. The minimum atomic E-state index is 0.773. The van der Waals surface area contributed by atoms with Gasteiger partial charge in [0.2, 0.25) is 0 Å². The van der Waals surface area contributed by atoms with Crippen molar-refractivity contribution in [1.82, 2.24) is 20.3 Å². The molecule has 2 rings (SSSR count). The summed E-state index contributed by atoms with van der Waals surface area (Å²) in [6.07, 6.45) is 1.90. The predicted molar refractivity (Wildman–Crippen MR) is 64.5 cm³/mol. The average Bonchev–Trinajstić information content (AvgIpc) is 2.78. The fraction of sp³-hybridized carbons (Fsp3) is 0.500. The van der Waals surface area contributed by atoms with E-state index >= 15 is 0 Å². The second-order valence-corrected chi connectivity index (χ2v) is 4.29. The SMILES string of the molecule is Cc1noc(C)c1CNCc1cnn(C)c1C. The van der Waals surface area contributed by atoms with Gasteiger partial charge in [0.1, 0.15) is 5.76 Å². The predicted octanol–water partition coefficient (Wildman–Crippen LogP) is 1.62. The van der Waals surface area contributed by atoms with E-state index in [-0.39, 0.29) is 0 Å². The molecule has 0 spiro atoms. The molecule has 0 unspecified atom stereocenters. The second kappa shape index (κ2) is 4.71. The Bertz CT molecular complexity index is 493. The molecule has 17 heavy (non-hydrogen) atoms. The molecule has 0 bridgehead atoms. The van der Waals surface area contributed by atoms with Gasteiger partial charge >= 0.3 is 0 Å². The zero-order valence-electron chi connectivity index (χ0n) is 10.7. The first-order valence-electron chi connectivity index (χ1n) is 5.69. The molecule has 0 saturated heterocycles. The highest BCUT2D eigenvalue weighted by Crippen LogP contribution is 2.12. The Morgan fingerprint density at radius 1 is 1.29 bits per heavy atom. The number of rotatable bonds is 4. The van der Waals surface area contributed by atoms with E-state index < -0.39 is 0 Å². The lowest BCUT2D eigenvalue weighted by atomic mass is 10.2. The fourth-order valence-corrected chi connectivity index (χ4v) is 1.79. The quantitative estimate of drug-likeness (QED) is 0.873. The Kier molecular flexibility index (Phi) is 3.28. The van der Waals surface area contributed by atoms with E-state index in [9.17, 15) is 0 Å². The third-order valence-corrected chi connectivity index (χ3v) is 3.14. The van der Waals surface area contributed by atoms with Gasteiger partial charge in [0.05, 0.1) is 11.9 Å². The van der Waals surface area contributed by atoms with Crippen LogP contribution in [-0.4, -0.2) is 14.9 Å². The monoisotopic (exact) mass is 234 g/mol. The summed E-state index contributed by atoms with van der Waals surface area (Å²) in [6.45, 7) is 7.55. The molecule has 5 heteroatoms. The van der Waals surface area contributed by atoms with Crippen LogP contribution in [0, 0.1) is 20.8 Å². The van der Waals surface area contributed by atoms with Crippen molar-refractivity contribution < 1.29 is 4.52 Å². The van der Waals surface area contributed by atoms with Crippen molar-refractivity contribution in [3.63, 3.8) is 0 Å². The van der Waals surface area contributed by atoms with Gasteiger partial charge in [-0.05, 0) is 20.8 Å². The maximum atomic E-state index is 5.12. The van der Waals surface area contributed by atoms with E-state index in [0.29, 0.717) is 0 Å². The first-order valence-corrected chi connectivity index (χ1v) is 5.69. The molecule has 0 saturated carbocycles. The number of aromatic nitrogens is 3. The number of aryl methyl sites for hydroxylation is 3. The van der Waals surface area contributed by atoms with Crippen molar-refractivity contribution in [3.05, 3.63) is 34.5 Å². The van der Waals surface area contributed by atoms with Gasteiger partial charge in [-0.15, -0.1) is 0 Å². The Balaban J connectivity index is 1.94. The van der Waals surface area contributed by atoms with Crippen LogP contribution in [-0.2, 0) is 20.1 Å². The Labute approximate surface area is 101 Å². The third kappa shape index (κ3) is 2.39. The van der Waals surface area contributed by atoms with Crippen LogP contribution in [0.1, 0.15) is 28.3 Å². The van der Waals surface area contributed by atoms with Crippen molar-refractivity contribution in [1.29, 1.82) is 0 Å². The first kappa shape index (κ1) is 11.9. The smallest absolute Gasteiger partial charge is 0.138 e. The van der Waals surface area contributed by atoms with Gasteiger partial charge in [0.15, 0.2) is 0 Å². The average molecular weight is 234 g/mol. The van der Waals surface area contributed by atoms with Crippen molar-refractivity contribution in [3.8, 4) is 0 Å². The topological polar surface area (TPSA) is 55.9 Å². The van der Waals surface area contributed by atoms with Crippen LogP contribution < -0.4 is 5.32 Å². The summed E-state index contributed by atoms with van der Waals surface area (Å²) in [4.78, 5) is 0. The zero-order valence-corrected chi connectivity index (χ0v) is 10.7. The Hall–Kier alpha value is -1.62. The molecule has 1 N–H and O–H groups in total. The minimum absolute atomic E-state index is 0.773. The van der Waals surface area contributed by atoms with Crippen molar-refractivity contribution in [2.75, 3.05) is 0 Å². The highest BCUT2D eigenvalue weighted by atomic mass is 16.5. The molecular formula is C12H18N4O. The van der Waals surface area contributed by atoms with E-state index in [0.717, 1.165) is 30.1 Å². The molecule has 0 aromatic carbocycles. The fourth-order valence-electron chi connectivity index (χ4n) is 1.79. The number of hydrogen-bond donors (Lipinski definition) is 1. The van der Waals surface area contributed by atoms with E-state index in [1.54, 1.807) is 0 Å². The third-order valence-electron chi connectivity index (χ3n) is 3.14. The van der Waals surface area contributed by atoms with Gasteiger partial charge in [-0.3, -0.25) is 4.68 Å². The maximum Gasteiger partial charge on any atom is 0.138 e. The molecule has 0 fully saturated rings. The van der Waals surface area contributed by atoms with Gasteiger partial charge in [-0.2, -0.15) is 5.10 Å². The molecule has 0 radical (unpaired) electrons. The van der Waals surface area contributed by atoms with Crippen LogP contribution in [0.2, 0.25) is 0 Å². The lowest BCUT2D eigenvalue weighted by Gasteiger charge is -2.04. The molecular weight excluding hydrogens is 216 g/mol. The molecule has 0 atom stereocenters. The van der Waals surface area contributed by atoms with Crippen LogP contribution in [0.25, 0.3) is 0 Å². The zero-order chi connectivity index (χ0) is 12.4. The molecule has 92 valence electrons. The highest BCUT2D eigenvalue weighted by molar-refractivity contribution is 5.21. The van der Waals surface area contributed by atoms with Crippen LogP contribution in [0.5, 0.6) is 0 Å². The molecule has 0 aliphatic carbocycles. The molecule has 0 aliphatic heterocycles. The molecule has 0 aliphatic rings. The van der Waals surface area contributed by atoms with E-state index in [4.69, 9.17) is 4.52 Å². The molecule has 2 aromatic heterocycles. The largest absolute Gasteiger partial charge is 0.361 e. The standard InChI is InChI=1S/C12H18N4O/c1-8-12(10(3)17-15-8)7-13-5-11-6-14-16(4)9(11)2/h6,13H,5,7H2,1-4H3. The summed E-state index contributed by atoms with van der Waals surface area (Å²) in [5.74, 6) is 0.887. The van der Waals surface area contributed by atoms with Crippen molar-refractivity contribution in [2.45, 2.75) is 33.9 Å². The van der Waals surface area contributed by atoms with Gasteiger partial charge in [0.25, 0.3) is 0 Å². The Morgan fingerprint density at radius 2 is 2.06 bits per heavy atom.